The third-order valence-electron chi connectivity index (χ3n) is 4.85. The highest BCUT2D eigenvalue weighted by atomic mass is 19.1. The maximum absolute atomic E-state index is 13.3. The van der Waals surface area contributed by atoms with Gasteiger partial charge in [-0.3, -0.25) is 9.59 Å². The Morgan fingerprint density at radius 1 is 1.28 bits per heavy atom. The zero-order valence-electron chi connectivity index (χ0n) is 16.1. The summed E-state index contributed by atoms with van der Waals surface area (Å²) in [5.74, 6) is -1.98. The van der Waals surface area contributed by atoms with E-state index in [2.05, 4.69) is 27.0 Å². The Balaban J connectivity index is 1.41. The molecule has 154 valence electrons. The van der Waals surface area contributed by atoms with Crippen LogP contribution in [0, 0.1) is 5.82 Å². The third-order valence-corrected chi connectivity index (χ3v) is 4.85. The first-order valence-electron chi connectivity index (χ1n) is 9.71. The molecule has 0 saturated carbocycles. The smallest absolute Gasteiger partial charge is 0.312 e. The fourth-order valence-electron chi connectivity index (χ4n) is 3.28. The number of carbonyl (C=O) groups excluding carboxylic acids is 1. The van der Waals surface area contributed by atoms with Crippen molar-refractivity contribution < 1.29 is 19.1 Å². The Hall–Kier alpha value is -3.00. The van der Waals surface area contributed by atoms with Crippen LogP contribution in [-0.2, 0) is 22.4 Å². The number of aryl methyl sites for hydroxylation is 1. The number of hydrogen-bond acceptors (Lipinski definition) is 5. The number of aromatic nitrogens is 1. The molecule has 1 atom stereocenters. The maximum atomic E-state index is 13.3. The molecular weight excluding hydrogens is 375 g/mol. The highest BCUT2D eigenvalue weighted by Gasteiger charge is 2.21. The summed E-state index contributed by atoms with van der Waals surface area (Å²) in [5, 5.41) is 18.3. The molecule has 0 fully saturated rings. The average Bonchev–Trinajstić information content (AvgIpc) is 2.71. The van der Waals surface area contributed by atoms with Crippen molar-refractivity contribution >= 4 is 17.7 Å². The van der Waals surface area contributed by atoms with Crippen LogP contribution in [0.2, 0.25) is 0 Å². The van der Waals surface area contributed by atoms with E-state index < -0.39 is 17.7 Å². The van der Waals surface area contributed by atoms with E-state index >= 15 is 0 Å². The van der Waals surface area contributed by atoms with Crippen molar-refractivity contribution in [2.24, 2.45) is 0 Å². The highest BCUT2D eigenvalue weighted by Crippen LogP contribution is 2.19. The van der Waals surface area contributed by atoms with Gasteiger partial charge in [0.1, 0.15) is 11.6 Å². The van der Waals surface area contributed by atoms with E-state index in [1.54, 1.807) is 0 Å². The van der Waals surface area contributed by atoms with Gasteiger partial charge < -0.3 is 21.1 Å². The molecule has 2 heterocycles. The Morgan fingerprint density at radius 2 is 2.14 bits per heavy atom. The van der Waals surface area contributed by atoms with E-state index in [-0.39, 0.29) is 19.0 Å². The number of halogens is 1. The molecule has 7 nitrogen and oxygen atoms in total. The minimum absolute atomic E-state index is 0.0681. The number of rotatable bonds is 9. The van der Waals surface area contributed by atoms with Gasteiger partial charge in [0.2, 0.25) is 5.91 Å². The van der Waals surface area contributed by atoms with Crippen LogP contribution in [0.15, 0.2) is 36.4 Å². The molecule has 1 aliphatic heterocycles. The van der Waals surface area contributed by atoms with E-state index in [1.165, 1.54) is 29.8 Å². The standard InChI is InChI=1S/C21H25FN4O3/c22-16-5-1-3-15(11-16)18(21(28)29)12-25-19(27)13-23-10-8-17-7-6-14-4-2-9-24-20(14)26-17/h1,3,5-7,11,18,23H,2,4,8-10,12-13H2,(H,24,26)(H,25,27)(H,28,29)/t18-/m1/s1. The Kier molecular flexibility index (Phi) is 7.13. The molecule has 0 bridgehead atoms. The SMILES string of the molecule is O=C(CNCCc1ccc2c(n1)NCCC2)NC[C@@H](C(=O)O)c1cccc(F)c1. The van der Waals surface area contributed by atoms with Crippen LogP contribution in [0.1, 0.15) is 29.2 Å². The van der Waals surface area contributed by atoms with Crippen LogP contribution in [0.5, 0.6) is 0 Å². The molecule has 1 amide bonds. The first-order valence-corrected chi connectivity index (χ1v) is 9.71. The van der Waals surface area contributed by atoms with Crippen LogP contribution in [0.25, 0.3) is 0 Å². The van der Waals surface area contributed by atoms with Crippen molar-refractivity contribution in [1.82, 2.24) is 15.6 Å². The molecule has 8 heteroatoms. The molecular formula is C21H25FN4O3. The van der Waals surface area contributed by atoms with E-state index in [0.717, 1.165) is 30.9 Å². The molecule has 1 aliphatic rings. The molecule has 2 aromatic rings. The van der Waals surface area contributed by atoms with Crippen LogP contribution in [0.3, 0.4) is 0 Å². The fraction of sp³-hybridized carbons (Fsp3) is 0.381. The molecule has 0 saturated heterocycles. The van der Waals surface area contributed by atoms with E-state index in [0.29, 0.717) is 18.5 Å². The zero-order chi connectivity index (χ0) is 20.6. The summed E-state index contributed by atoms with van der Waals surface area (Å²) < 4.78 is 13.3. The van der Waals surface area contributed by atoms with Gasteiger partial charge in [0, 0.05) is 31.7 Å². The number of nitrogens with one attached hydrogen (secondary N) is 3. The predicted octanol–water partition coefficient (Wildman–Crippen LogP) is 1.70. The summed E-state index contributed by atoms with van der Waals surface area (Å²) >= 11 is 0. The number of carboxylic acid groups (broad SMARTS) is 1. The second-order valence-corrected chi connectivity index (χ2v) is 7.02. The molecule has 4 N–H and O–H groups in total. The van der Waals surface area contributed by atoms with Gasteiger partial charge in [-0.2, -0.15) is 0 Å². The number of benzene rings is 1. The lowest BCUT2D eigenvalue weighted by Crippen LogP contribution is -2.38. The summed E-state index contributed by atoms with van der Waals surface area (Å²) in [5.41, 5.74) is 2.50. The van der Waals surface area contributed by atoms with Gasteiger partial charge in [-0.25, -0.2) is 9.37 Å². The van der Waals surface area contributed by atoms with Gasteiger partial charge in [-0.1, -0.05) is 18.2 Å². The number of pyridine rings is 1. The number of carbonyl (C=O) groups is 2. The normalized spacial score (nSPS) is 13.8. The molecule has 3 rings (SSSR count). The number of carboxylic acids is 1. The van der Waals surface area contributed by atoms with Crippen LogP contribution in [0.4, 0.5) is 10.2 Å². The Bertz CT molecular complexity index is 875. The summed E-state index contributed by atoms with van der Waals surface area (Å²) in [7, 11) is 0. The fourth-order valence-corrected chi connectivity index (χ4v) is 3.28. The van der Waals surface area contributed by atoms with Gasteiger partial charge in [0.15, 0.2) is 0 Å². The topological polar surface area (TPSA) is 103 Å². The summed E-state index contributed by atoms with van der Waals surface area (Å²) in [6.07, 6.45) is 2.84. The number of aliphatic carboxylic acids is 1. The number of hydrogen-bond donors (Lipinski definition) is 4. The molecule has 1 aromatic carbocycles. The monoisotopic (exact) mass is 400 g/mol. The van der Waals surface area contributed by atoms with Gasteiger partial charge in [-0.05, 0) is 42.2 Å². The van der Waals surface area contributed by atoms with E-state index in [4.69, 9.17) is 0 Å². The van der Waals surface area contributed by atoms with Crippen LogP contribution in [-0.4, -0.2) is 48.1 Å². The maximum Gasteiger partial charge on any atom is 0.312 e. The van der Waals surface area contributed by atoms with Crippen molar-refractivity contribution in [3.63, 3.8) is 0 Å². The number of fused-ring (bicyclic) bond motifs is 1. The van der Waals surface area contributed by atoms with E-state index in [1.807, 2.05) is 6.07 Å². The third kappa shape index (κ3) is 5.99. The van der Waals surface area contributed by atoms with Gasteiger partial charge >= 0.3 is 5.97 Å². The number of amides is 1. The van der Waals surface area contributed by atoms with Crippen LogP contribution >= 0.6 is 0 Å². The van der Waals surface area contributed by atoms with Crippen LogP contribution < -0.4 is 16.0 Å². The number of nitrogens with zero attached hydrogens (tertiary/aromatic N) is 1. The van der Waals surface area contributed by atoms with Gasteiger partial charge in [-0.15, -0.1) is 0 Å². The summed E-state index contributed by atoms with van der Waals surface area (Å²) in [6, 6.07) is 9.50. The lowest BCUT2D eigenvalue weighted by atomic mass is 9.99. The van der Waals surface area contributed by atoms with Gasteiger partial charge in [0.05, 0.1) is 12.5 Å². The minimum atomic E-state index is -1.11. The highest BCUT2D eigenvalue weighted by molar-refractivity contribution is 5.80. The van der Waals surface area contributed by atoms with Crippen molar-refractivity contribution in [3.8, 4) is 0 Å². The summed E-state index contributed by atoms with van der Waals surface area (Å²) in [4.78, 5) is 28.0. The first kappa shape index (κ1) is 20.7. The second-order valence-electron chi connectivity index (χ2n) is 7.02. The molecule has 29 heavy (non-hydrogen) atoms. The Labute approximate surface area is 168 Å². The summed E-state index contributed by atoms with van der Waals surface area (Å²) in [6.45, 7) is 1.48. The molecule has 1 aromatic heterocycles. The van der Waals surface area contributed by atoms with E-state index in [9.17, 15) is 19.1 Å². The van der Waals surface area contributed by atoms with Crippen molar-refractivity contribution in [3.05, 3.63) is 59.0 Å². The van der Waals surface area contributed by atoms with Crippen molar-refractivity contribution in [1.29, 1.82) is 0 Å². The van der Waals surface area contributed by atoms with Crippen molar-refractivity contribution in [2.75, 3.05) is 31.5 Å². The molecule has 0 unspecified atom stereocenters. The molecule has 0 radical (unpaired) electrons. The largest absolute Gasteiger partial charge is 0.481 e. The van der Waals surface area contributed by atoms with Crippen molar-refractivity contribution in [2.45, 2.75) is 25.2 Å². The first-order chi connectivity index (χ1) is 14.0. The molecule has 0 spiro atoms. The quantitative estimate of drug-likeness (QED) is 0.478. The Morgan fingerprint density at radius 3 is 2.93 bits per heavy atom. The predicted molar refractivity (Wildman–Crippen MR) is 107 cm³/mol. The number of anilines is 1. The average molecular weight is 400 g/mol. The zero-order valence-corrected chi connectivity index (χ0v) is 16.1. The lowest BCUT2D eigenvalue weighted by Gasteiger charge is -2.17. The lowest BCUT2D eigenvalue weighted by molar-refractivity contribution is -0.138. The minimum Gasteiger partial charge on any atom is -0.481 e. The van der Waals surface area contributed by atoms with Gasteiger partial charge in [0.25, 0.3) is 0 Å². The second kappa shape index (κ2) is 9.97. The molecule has 0 aliphatic carbocycles.